The van der Waals surface area contributed by atoms with E-state index in [1.807, 2.05) is 17.5 Å². The Labute approximate surface area is 176 Å². The minimum absolute atomic E-state index is 0.154. The van der Waals surface area contributed by atoms with Crippen molar-refractivity contribution in [1.82, 2.24) is 25.1 Å². The highest BCUT2D eigenvalue weighted by molar-refractivity contribution is 7.12. The summed E-state index contributed by atoms with van der Waals surface area (Å²) in [6, 6.07) is 14.3. The molecule has 3 aromatic heterocycles. The molecule has 0 unspecified atom stereocenters. The van der Waals surface area contributed by atoms with Crippen LogP contribution in [-0.4, -0.2) is 38.6 Å². The van der Waals surface area contributed by atoms with E-state index in [9.17, 15) is 9.59 Å². The van der Waals surface area contributed by atoms with Gasteiger partial charge in [-0.25, -0.2) is 14.6 Å². The molecular formula is C21H18N6O2S. The fourth-order valence-electron chi connectivity index (χ4n) is 2.89. The van der Waals surface area contributed by atoms with Crippen LogP contribution in [0.3, 0.4) is 0 Å². The lowest BCUT2D eigenvalue weighted by Crippen LogP contribution is -2.30. The lowest BCUT2D eigenvalue weighted by molar-refractivity contribution is 0.0951. The van der Waals surface area contributed by atoms with Gasteiger partial charge in [-0.15, -0.1) is 11.3 Å². The molecule has 0 aliphatic heterocycles. The second-order valence-electron chi connectivity index (χ2n) is 6.41. The normalized spacial score (nSPS) is 10.6. The number of amides is 2. The summed E-state index contributed by atoms with van der Waals surface area (Å²) >= 11 is 1.37. The number of benzene rings is 1. The molecule has 0 aliphatic rings. The predicted octanol–water partition coefficient (Wildman–Crippen LogP) is 2.93. The van der Waals surface area contributed by atoms with E-state index in [-0.39, 0.29) is 11.8 Å². The van der Waals surface area contributed by atoms with Gasteiger partial charge in [-0.05, 0) is 35.2 Å². The summed E-state index contributed by atoms with van der Waals surface area (Å²) in [6.45, 7) is 0.306. The summed E-state index contributed by atoms with van der Waals surface area (Å²) in [5.41, 5.74) is 1.82. The van der Waals surface area contributed by atoms with Crippen molar-refractivity contribution < 1.29 is 9.59 Å². The molecule has 0 atom stereocenters. The second kappa shape index (κ2) is 8.66. The van der Waals surface area contributed by atoms with Crippen LogP contribution in [0.2, 0.25) is 0 Å². The van der Waals surface area contributed by atoms with Gasteiger partial charge in [-0.2, -0.15) is 5.10 Å². The van der Waals surface area contributed by atoms with Gasteiger partial charge in [0.2, 0.25) is 0 Å². The van der Waals surface area contributed by atoms with Crippen LogP contribution in [0.1, 0.15) is 25.6 Å². The molecule has 2 amide bonds. The molecule has 30 heavy (non-hydrogen) atoms. The molecule has 150 valence electrons. The number of anilines is 1. The average molecular weight is 418 g/mol. The number of aromatic nitrogens is 4. The van der Waals surface area contributed by atoms with E-state index in [0.717, 1.165) is 5.56 Å². The number of pyridine rings is 1. The average Bonchev–Trinajstić information content (AvgIpc) is 3.51. The van der Waals surface area contributed by atoms with Crippen LogP contribution >= 0.6 is 11.3 Å². The maximum absolute atomic E-state index is 12.8. The maximum Gasteiger partial charge on any atom is 0.268 e. The first-order valence-electron chi connectivity index (χ1n) is 9.12. The molecule has 9 heteroatoms. The van der Waals surface area contributed by atoms with Crippen molar-refractivity contribution in [1.29, 1.82) is 0 Å². The highest BCUT2D eigenvalue weighted by atomic mass is 32.1. The van der Waals surface area contributed by atoms with Gasteiger partial charge in [0.05, 0.1) is 16.1 Å². The summed E-state index contributed by atoms with van der Waals surface area (Å²) in [5.74, 6) is 0.219. The van der Waals surface area contributed by atoms with Gasteiger partial charge in [0.1, 0.15) is 12.7 Å². The Morgan fingerprint density at radius 2 is 2.00 bits per heavy atom. The van der Waals surface area contributed by atoms with E-state index in [1.165, 1.54) is 22.6 Å². The van der Waals surface area contributed by atoms with Crippen molar-refractivity contribution >= 4 is 28.8 Å². The van der Waals surface area contributed by atoms with Crippen LogP contribution in [-0.2, 0) is 6.54 Å². The molecular weight excluding hydrogens is 400 g/mol. The minimum atomic E-state index is -0.267. The zero-order valence-electron chi connectivity index (χ0n) is 16.1. The number of carbonyl (C=O) groups excluding carboxylic acids is 2. The monoisotopic (exact) mass is 418 g/mol. The Kier molecular flexibility index (Phi) is 5.62. The Morgan fingerprint density at radius 3 is 2.70 bits per heavy atom. The molecule has 0 radical (unpaired) electrons. The van der Waals surface area contributed by atoms with Crippen LogP contribution < -0.4 is 10.2 Å². The van der Waals surface area contributed by atoms with Gasteiger partial charge in [0.25, 0.3) is 11.8 Å². The lowest BCUT2D eigenvalue weighted by atomic mass is 10.1. The van der Waals surface area contributed by atoms with Gasteiger partial charge in [-0.1, -0.05) is 24.3 Å². The van der Waals surface area contributed by atoms with Crippen molar-refractivity contribution in [2.45, 2.75) is 6.54 Å². The number of hydrogen-bond acceptors (Lipinski definition) is 6. The van der Waals surface area contributed by atoms with Gasteiger partial charge in [-0.3, -0.25) is 9.59 Å². The Morgan fingerprint density at radius 1 is 1.13 bits per heavy atom. The summed E-state index contributed by atoms with van der Waals surface area (Å²) in [5, 5.41) is 8.77. The van der Waals surface area contributed by atoms with Crippen molar-refractivity contribution in [3.05, 3.63) is 88.8 Å². The highest BCUT2D eigenvalue weighted by Crippen LogP contribution is 2.22. The van der Waals surface area contributed by atoms with E-state index in [4.69, 9.17) is 0 Å². The molecule has 0 spiro atoms. The standard InChI is InChI=1S/C21H18N6O2S/c1-26(21(29)18-7-4-10-30-18)17-6-3-2-5-16(17)20(28)24-12-15-8-9-19(23-11-15)27-14-22-13-25-27/h2-11,13-14H,12H2,1H3,(H,24,28). The van der Waals surface area contributed by atoms with Crippen LogP contribution in [0.15, 0.2) is 72.8 Å². The van der Waals surface area contributed by atoms with Crippen LogP contribution in [0.25, 0.3) is 5.82 Å². The van der Waals surface area contributed by atoms with Crippen molar-refractivity contribution in [2.75, 3.05) is 11.9 Å². The smallest absolute Gasteiger partial charge is 0.268 e. The highest BCUT2D eigenvalue weighted by Gasteiger charge is 2.20. The zero-order valence-corrected chi connectivity index (χ0v) is 16.9. The first kappa shape index (κ1) is 19.5. The summed E-state index contributed by atoms with van der Waals surface area (Å²) in [6.07, 6.45) is 4.68. The van der Waals surface area contributed by atoms with E-state index < -0.39 is 0 Å². The molecule has 0 aliphatic carbocycles. The number of hydrogen-bond donors (Lipinski definition) is 1. The molecule has 0 fully saturated rings. The van der Waals surface area contributed by atoms with Crippen LogP contribution in [0, 0.1) is 0 Å². The minimum Gasteiger partial charge on any atom is -0.348 e. The summed E-state index contributed by atoms with van der Waals surface area (Å²) < 4.78 is 1.55. The first-order chi connectivity index (χ1) is 14.6. The molecule has 4 aromatic rings. The molecule has 1 N–H and O–H groups in total. The lowest BCUT2D eigenvalue weighted by Gasteiger charge is -2.20. The summed E-state index contributed by atoms with van der Waals surface area (Å²) in [4.78, 5) is 35.8. The number of carbonyl (C=O) groups is 2. The van der Waals surface area contributed by atoms with Crippen molar-refractivity contribution in [3.63, 3.8) is 0 Å². The molecule has 1 aromatic carbocycles. The molecule has 3 heterocycles. The van der Waals surface area contributed by atoms with Gasteiger partial charge in [0, 0.05) is 19.8 Å². The molecule has 4 rings (SSSR count). The quantitative estimate of drug-likeness (QED) is 0.520. The van der Waals surface area contributed by atoms with Crippen molar-refractivity contribution in [3.8, 4) is 5.82 Å². The first-order valence-corrected chi connectivity index (χ1v) is 10.00. The third-order valence-corrected chi connectivity index (χ3v) is 5.32. The van der Waals surface area contributed by atoms with Gasteiger partial charge < -0.3 is 10.2 Å². The molecule has 0 saturated carbocycles. The number of thiophene rings is 1. The Hall–Kier alpha value is -3.85. The molecule has 0 saturated heterocycles. The topological polar surface area (TPSA) is 93.0 Å². The third-order valence-electron chi connectivity index (χ3n) is 4.46. The number of para-hydroxylation sites is 1. The van der Waals surface area contributed by atoms with Gasteiger partial charge in [0.15, 0.2) is 5.82 Å². The summed E-state index contributed by atoms with van der Waals surface area (Å²) in [7, 11) is 1.67. The molecule has 0 bridgehead atoms. The Balaban J connectivity index is 1.46. The fourth-order valence-corrected chi connectivity index (χ4v) is 3.59. The Bertz CT molecular complexity index is 1140. The number of nitrogens with one attached hydrogen (secondary N) is 1. The third kappa shape index (κ3) is 4.11. The predicted molar refractivity (Wildman–Crippen MR) is 114 cm³/mol. The molecule has 8 nitrogen and oxygen atoms in total. The van der Waals surface area contributed by atoms with E-state index in [2.05, 4.69) is 20.4 Å². The van der Waals surface area contributed by atoms with Gasteiger partial charge >= 0.3 is 0 Å². The number of nitrogens with zero attached hydrogens (tertiary/aromatic N) is 5. The van der Waals surface area contributed by atoms with E-state index in [0.29, 0.717) is 28.5 Å². The van der Waals surface area contributed by atoms with Crippen LogP contribution in [0.5, 0.6) is 0 Å². The maximum atomic E-state index is 12.8. The largest absolute Gasteiger partial charge is 0.348 e. The number of rotatable bonds is 6. The van der Waals surface area contributed by atoms with E-state index in [1.54, 1.807) is 60.7 Å². The fraction of sp³-hybridized carbons (Fsp3) is 0.0952. The zero-order chi connectivity index (χ0) is 20.9. The van der Waals surface area contributed by atoms with Crippen LogP contribution in [0.4, 0.5) is 5.69 Å². The second-order valence-corrected chi connectivity index (χ2v) is 7.35. The van der Waals surface area contributed by atoms with Crippen molar-refractivity contribution in [2.24, 2.45) is 0 Å². The van der Waals surface area contributed by atoms with E-state index >= 15 is 0 Å². The SMILES string of the molecule is CN(C(=O)c1cccs1)c1ccccc1C(=O)NCc1ccc(-n2cncn2)nc1.